The van der Waals surface area contributed by atoms with Gasteiger partial charge in [0.1, 0.15) is 17.6 Å². The van der Waals surface area contributed by atoms with Gasteiger partial charge in [-0.1, -0.05) is 0 Å². The number of aromatic carboxylic acids is 1. The fourth-order valence-corrected chi connectivity index (χ4v) is 1.71. The third-order valence-electron chi connectivity index (χ3n) is 2.98. The van der Waals surface area contributed by atoms with Gasteiger partial charge < -0.3 is 15.7 Å². The first-order chi connectivity index (χ1) is 9.99. The van der Waals surface area contributed by atoms with Crippen LogP contribution in [-0.4, -0.2) is 40.0 Å². The smallest absolute Gasteiger partial charge is 0.339 e. The average molecular weight is 294 g/mol. The second-order valence-corrected chi connectivity index (χ2v) is 4.64. The number of carboxylic acid groups (broad SMARTS) is 1. The number of hydrogen-bond donors (Lipinski definition) is 3. The molecule has 0 unspecified atom stereocenters. The van der Waals surface area contributed by atoms with Crippen molar-refractivity contribution in [1.82, 2.24) is 10.3 Å². The van der Waals surface area contributed by atoms with E-state index in [1.807, 2.05) is 0 Å². The van der Waals surface area contributed by atoms with Gasteiger partial charge >= 0.3 is 5.97 Å². The van der Waals surface area contributed by atoms with Gasteiger partial charge in [0.15, 0.2) is 0 Å². The summed E-state index contributed by atoms with van der Waals surface area (Å²) in [5, 5.41) is 25.1. The quantitative estimate of drug-likeness (QED) is 0.381. The Bertz CT molecular complexity index is 585. The van der Waals surface area contributed by atoms with E-state index < -0.39 is 10.9 Å². The van der Waals surface area contributed by atoms with E-state index in [2.05, 4.69) is 15.6 Å². The van der Waals surface area contributed by atoms with E-state index in [4.69, 9.17) is 5.11 Å². The van der Waals surface area contributed by atoms with E-state index in [1.54, 1.807) is 0 Å². The number of nitro groups is 1. The van der Waals surface area contributed by atoms with Crippen LogP contribution in [0.25, 0.3) is 0 Å². The number of carbonyl (C=O) groups is 2. The monoisotopic (exact) mass is 294 g/mol. The highest BCUT2D eigenvalue weighted by Gasteiger charge is 2.29. The van der Waals surface area contributed by atoms with Crippen molar-refractivity contribution in [3.8, 4) is 0 Å². The Balaban J connectivity index is 1.93. The predicted molar refractivity (Wildman–Crippen MR) is 72.1 cm³/mol. The van der Waals surface area contributed by atoms with Crippen LogP contribution in [0.4, 0.5) is 11.5 Å². The van der Waals surface area contributed by atoms with Gasteiger partial charge in [-0.2, -0.15) is 0 Å². The van der Waals surface area contributed by atoms with E-state index in [0.29, 0.717) is 6.54 Å². The lowest BCUT2D eigenvalue weighted by Gasteiger charge is -2.09. The van der Waals surface area contributed by atoms with Crippen LogP contribution in [-0.2, 0) is 4.79 Å². The van der Waals surface area contributed by atoms with E-state index in [-0.39, 0.29) is 35.4 Å². The summed E-state index contributed by atoms with van der Waals surface area (Å²) in [5.74, 6) is -1.17. The van der Waals surface area contributed by atoms with Crippen molar-refractivity contribution in [3.63, 3.8) is 0 Å². The molecule has 1 saturated carbocycles. The Morgan fingerprint density at radius 3 is 2.71 bits per heavy atom. The van der Waals surface area contributed by atoms with E-state index in [0.717, 1.165) is 25.1 Å². The predicted octanol–water partition coefficient (Wildman–Crippen LogP) is 0.626. The molecule has 3 N–H and O–H groups in total. The maximum absolute atomic E-state index is 11.4. The number of nitrogens with one attached hydrogen (secondary N) is 2. The van der Waals surface area contributed by atoms with Gasteiger partial charge in [-0.05, 0) is 12.8 Å². The summed E-state index contributed by atoms with van der Waals surface area (Å²) >= 11 is 0. The lowest BCUT2D eigenvalue weighted by atomic mass is 10.2. The SMILES string of the molecule is O=C(O)c1cc([N+](=O)[O-])cnc1NCCNC(=O)C1CC1. The number of carboxylic acids is 1. The fraction of sp³-hybridized carbons (Fsp3) is 0.417. The van der Waals surface area contributed by atoms with Crippen LogP contribution in [0.2, 0.25) is 0 Å². The molecule has 0 radical (unpaired) electrons. The second kappa shape index (κ2) is 6.16. The largest absolute Gasteiger partial charge is 0.478 e. The van der Waals surface area contributed by atoms with Gasteiger partial charge in [0.25, 0.3) is 5.69 Å². The van der Waals surface area contributed by atoms with Crippen LogP contribution in [0.3, 0.4) is 0 Å². The molecule has 112 valence electrons. The van der Waals surface area contributed by atoms with E-state index >= 15 is 0 Å². The van der Waals surface area contributed by atoms with Gasteiger partial charge in [-0.25, -0.2) is 9.78 Å². The van der Waals surface area contributed by atoms with Gasteiger partial charge in [0.2, 0.25) is 5.91 Å². The van der Waals surface area contributed by atoms with Crippen LogP contribution >= 0.6 is 0 Å². The molecule has 9 heteroatoms. The van der Waals surface area contributed by atoms with Gasteiger partial charge in [0.05, 0.1) is 4.92 Å². The summed E-state index contributed by atoms with van der Waals surface area (Å²) in [7, 11) is 0. The lowest BCUT2D eigenvalue weighted by molar-refractivity contribution is -0.385. The van der Waals surface area contributed by atoms with Crippen molar-refractivity contribution in [3.05, 3.63) is 27.9 Å². The number of anilines is 1. The van der Waals surface area contributed by atoms with Crippen LogP contribution < -0.4 is 10.6 Å². The Morgan fingerprint density at radius 1 is 1.43 bits per heavy atom. The number of amides is 1. The molecule has 1 heterocycles. The zero-order chi connectivity index (χ0) is 15.4. The molecule has 2 rings (SSSR count). The summed E-state index contributed by atoms with van der Waals surface area (Å²) in [5.41, 5.74) is -0.669. The second-order valence-electron chi connectivity index (χ2n) is 4.64. The zero-order valence-electron chi connectivity index (χ0n) is 11.0. The lowest BCUT2D eigenvalue weighted by Crippen LogP contribution is -2.30. The van der Waals surface area contributed by atoms with Gasteiger partial charge in [-0.3, -0.25) is 14.9 Å². The minimum Gasteiger partial charge on any atom is -0.478 e. The van der Waals surface area contributed by atoms with E-state index in [1.165, 1.54) is 0 Å². The topological polar surface area (TPSA) is 134 Å². The third kappa shape index (κ3) is 3.88. The van der Waals surface area contributed by atoms with Crippen LogP contribution in [0.15, 0.2) is 12.3 Å². The molecule has 9 nitrogen and oxygen atoms in total. The molecule has 1 amide bonds. The first-order valence-corrected chi connectivity index (χ1v) is 6.38. The first kappa shape index (κ1) is 14.7. The Kier molecular flexibility index (Phi) is 4.31. The summed E-state index contributed by atoms with van der Waals surface area (Å²) in [6, 6.07) is 0.945. The van der Waals surface area contributed by atoms with Crippen molar-refractivity contribution in [2.75, 3.05) is 18.4 Å². The zero-order valence-corrected chi connectivity index (χ0v) is 11.0. The molecule has 0 atom stereocenters. The molecule has 0 aliphatic heterocycles. The minimum atomic E-state index is -1.31. The average Bonchev–Trinajstić information content (AvgIpc) is 3.27. The first-order valence-electron chi connectivity index (χ1n) is 6.38. The van der Waals surface area contributed by atoms with Gasteiger partial charge in [-0.15, -0.1) is 0 Å². The van der Waals surface area contributed by atoms with Gasteiger partial charge in [0, 0.05) is 25.1 Å². The minimum absolute atomic E-state index is 0.00748. The van der Waals surface area contributed by atoms with Crippen molar-refractivity contribution in [1.29, 1.82) is 0 Å². The number of nitrogens with zero attached hydrogens (tertiary/aromatic N) is 2. The molecule has 1 aromatic rings. The van der Waals surface area contributed by atoms with Crippen LogP contribution in [0.5, 0.6) is 0 Å². The normalized spacial score (nSPS) is 13.5. The molecule has 1 fully saturated rings. The summed E-state index contributed by atoms with van der Waals surface area (Å²) in [6.45, 7) is 0.608. The highest BCUT2D eigenvalue weighted by atomic mass is 16.6. The Hall–Kier alpha value is -2.71. The fourth-order valence-electron chi connectivity index (χ4n) is 1.71. The maximum Gasteiger partial charge on any atom is 0.339 e. The summed E-state index contributed by atoms with van der Waals surface area (Å²) in [6.07, 6.45) is 2.80. The highest BCUT2D eigenvalue weighted by molar-refractivity contribution is 5.93. The number of hydrogen-bond acceptors (Lipinski definition) is 6. The third-order valence-corrected chi connectivity index (χ3v) is 2.98. The molecule has 1 aliphatic rings. The number of carbonyl (C=O) groups excluding carboxylic acids is 1. The van der Waals surface area contributed by atoms with E-state index in [9.17, 15) is 19.7 Å². The molecule has 21 heavy (non-hydrogen) atoms. The van der Waals surface area contributed by atoms with Crippen molar-refractivity contribution in [2.45, 2.75) is 12.8 Å². The highest BCUT2D eigenvalue weighted by Crippen LogP contribution is 2.28. The Morgan fingerprint density at radius 2 is 2.14 bits per heavy atom. The Labute approximate surface area is 119 Å². The molecule has 0 saturated heterocycles. The van der Waals surface area contributed by atoms with Crippen molar-refractivity contribution >= 4 is 23.4 Å². The molecule has 1 aromatic heterocycles. The van der Waals surface area contributed by atoms with Crippen LogP contribution in [0, 0.1) is 16.0 Å². The number of pyridine rings is 1. The number of rotatable bonds is 7. The molecule has 0 bridgehead atoms. The molecular formula is C12H14N4O5. The summed E-state index contributed by atoms with van der Waals surface area (Å²) < 4.78 is 0. The molecule has 0 spiro atoms. The van der Waals surface area contributed by atoms with Crippen molar-refractivity contribution in [2.24, 2.45) is 5.92 Å². The van der Waals surface area contributed by atoms with Crippen molar-refractivity contribution < 1.29 is 19.6 Å². The number of aromatic nitrogens is 1. The molecular weight excluding hydrogens is 280 g/mol. The van der Waals surface area contributed by atoms with Crippen LogP contribution in [0.1, 0.15) is 23.2 Å². The molecule has 1 aliphatic carbocycles. The molecule has 0 aromatic carbocycles. The summed E-state index contributed by atoms with van der Waals surface area (Å²) in [4.78, 5) is 36.1. The maximum atomic E-state index is 11.4. The standard InChI is InChI=1S/C12H14N4O5/c17-11(7-1-2-7)14-4-3-13-10-9(12(18)19)5-8(6-15-10)16(20)21/h5-7H,1-4H2,(H,13,15)(H,14,17)(H,18,19).